The number of esters is 1. The van der Waals surface area contributed by atoms with Crippen LogP contribution in [0.4, 0.5) is 8.78 Å². The van der Waals surface area contributed by atoms with Gasteiger partial charge in [0.1, 0.15) is 5.69 Å². The molecule has 2 fully saturated rings. The summed E-state index contributed by atoms with van der Waals surface area (Å²) in [7, 11) is 0. The van der Waals surface area contributed by atoms with Gasteiger partial charge in [-0.05, 0) is 56.0 Å². The van der Waals surface area contributed by atoms with Crippen molar-refractivity contribution in [2.24, 2.45) is 5.92 Å². The largest absolute Gasteiger partial charge is 0.431 e. The summed E-state index contributed by atoms with van der Waals surface area (Å²) in [6.45, 7) is 1.11. The second kappa shape index (κ2) is 12.2. The quantitative estimate of drug-likeness (QED) is 0.348. The minimum atomic E-state index is -3.08. The van der Waals surface area contributed by atoms with E-state index in [1.807, 2.05) is 0 Å². The highest BCUT2D eigenvalue weighted by atomic mass is 19.3. The number of halogens is 2. The SMILES string of the molecule is CCNC(=O)c1ccc(C(=O)NC[C@H]2C[C@@H](c3ccc(OC(F)F)c(OC(=O)C4CC4)c3)CN2C(C)=O)nc1. The van der Waals surface area contributed by atoms with E-state index < -0.39 is 18.5 Å². The molecule has 1 aliphatic heterocycles. The molecular weight excluding hydrogens is 514 g/mol. The minimum absolute atomic E-state index is 0.0852. The van der Waals surface area contributed by atoms with Crippen LogP contribution in [0.5, 0.6) is 11.5 Å². The maximum Gasteiger partial charge on any atom is 0.387 e. The van der Waals surface area contributed by atoms with Crippen molar-refractivity contribution in [3.05, 3.63) is 53.3 Å². The second-order valence-electron chi connectivity index (χ2n) is 9.54. The Balaban J connectivity index is 1.43. The van der Waals surface area contributed by atoms with Gasteiger partial charge in [-0.25, -0.2) is 0 Å². The van der Waals surface area contributed by atoms with Crippen molar-refractivity contribution in [3.63, 3.8) is 0 Å². The molecule has 1 aliphatic carbocycles. The van der Waals surface area contributed by atoms with Gasteiger partial charge in [0.25, 0.3) is 11.8 Å². The fourth-order valence-corrected chi connectivity index (χ4v) is 4.53. The van der Waals surface area contributed by atoms with Crippen LogP contribution in [0, 0.1) is 5.92 Å². The molecule has 10 nitrogen and oxygen atoms in total. The monoisotopic (exact) mass is 544 g/mol. The standard InChI is InChI=1S/C27H30F2N4O6/c1-3-30-24(35)18-6-8-21(31-12-18)25(36)32-13-20-10-19(14-33(20)15(2)34)17-7-9-22(39-27(28)29)23(11-17)38-26(37)16-4-5-16/h6-9,11-12,16,19-20,27H,3-5,10,13-14H2,1-2H3,(H,30,35)(H,32,36)/t19-,20-/m1/s1. The van der Waals surface area contributed by atoms with Gasteiger partial charge in [0, 0.05) is 44.7 Å². The van der Waals surface area contributed by atoms with Crippen LogP contribution in [0.3, 0.4) is 0 Å². The van der Waals surface area contributed by atoms with E-state index in [-0.39, 0.29) is 53.4 Å². The smallest absolute Gasteiger partial charge is 0.387 e. The zero-order chi connectivity index (χ0) is 28.1. The number of amides is 3. The van der Waals surface area contributed by atoms with Gasteiger partial charge in [-0.3, -0.25) is 24.2 Å². The molecule has 3 amide bonds. The van der Waals surface area contributed by atoms with E-state index in [4.69, 9.17) is 4.74 Å². The molecule has 0 radical (unpaired) electrons. The van der Waals surface area contributed by atoms with Gasteiger partial charge in [0.05, 0.1) is 11.5 Å². The van der Waals surface area contributed by atoms with E-state index in [0.29, 0.717) is 43.5 Å². The van der Waals surface area contributed by atoms with Crippen LogP contribution < -0.4 is 20.1 Å². The lowest BCUT2D eigenvalue weighted by atomic mass is 9.96. The first-order valence-corrected chi connectivity index (χ1v) is 12.8. The second-order valence-corrected chi connectivity index (χ2v) is 9.54. The number of pyridine rings is 1. The number of nitrogens with zero attached hydrogens (tertiary/aromatic N) is 2. The lowest BCUT2D eigenvalue weighted by Crippen LogP contribution is -2.42. The predicted octanol–water partition coefficient (Wildman–Crippen LogP) is 2.88. The van der Waals surface area contributed by atoms with E-state index in [1.165, 1.54) is 37.4 Å². The van der Waals surface area contributed by atoms with Crippen molar-refractivity contribution in [3.8, 4) is 11.5 Å². The third-order valence-corrected chi connectivity index (χ3v) is 6.69. The van der Waals surface area contributed by atoms with Crippen molar-refractivity contribution in [2.75, 3.05) is 19.6 Å². The zero-order valence-corrected chi connectivity index (χ0v) is 21.6. The van der Waals surface area contributed by atoms with Crippen molar-refractivity contribution in [1.29, 1.82) is 0 Å². The van der Waals surface area contributed by atoms with Gasteiger partial charge >= 0.3 is 12.6 Å². The predicted molar refractivity (Wildman–Crippen MR) is 135 cm³/mol. The normalized spacial score (nSPS) is 18.5. The number of benzene rings is 1. The first-order chi connectivity index (χ1) is 18.7. The number of carbonyl (C=O) groups is 4. The molecule has 2 aliphatic rings. The number of nitrogens with one attached hydrogen (secondary N) is 2. The highest BCUT2D eigenvalue weighted by Gasteiger charge is 2.36. The fourth-order valence-electron chi connectivity index (χ4n) is 4.53. The first kappa shape index (κ1) is 27.9. The van der Waals surface area contributed by atoms with E-state index >= 15 is 0 Å². The van der Waals surface area contributed by atoms with Crippen LogP contribution in [0.15, 0.2) is 36.5 Å². The summed E-state index contributed by atoms with van der Waals surface area (Å²) in [6, 6.07) is 7.07. The van der Waals surface area contributed by atoms with Crippen molar-refractivity contribution in [2.45, 2.75) is 51.7 Å². The summed E-state index contributed by atoms with van der Waals surface area (Å²) in [5.41, 5.74) is 1.16. The lowest BCUT2D eigenvalue weighted by Gasteiger charge is -2.23. The van der Waals surface area contributed by atoms with Gasteiger partial charge in [-0.2, -0.15) is 8.78 Å². The molecule has 2 heterocycles. The van der Waals surface area contributed by atoms with Crippen LogP contribution in [0.2, 0.25) is 0 Å². The average Bonchev–Trinajstić information content (AvgIpc) is 3.67. The molecule has 208 valence electrons. The summed E-state index contributed by atoms with van der Waals surface area (Å²) >= 11 is 0. The molecule has 2 N–H and O–H groups in total. The Kier molecular flexibility index (Phi) is 8.72. The van der Waals surface area contributed by atoms with Gasteiger partial charge < -0.3 is 25.0 Å². The van der Waals surface area contributed by atoms with Crippen LogP contribution in [0.25, 0.3) is 0 Å². The summed E-state index contributed by atoms with van der Waals surface area (Å²) in [6.07, 6.45) is 3.19. The van der Waals surface area contributed by atoms with Gasteiger partial charge in [0.15, 0.2) is 11.5 Å². The molecule has 0 unspecified atom stereocenters. The molecule has 2 atom stereocenters. The molecule has 1 aromatic heterocycles. The minimum Gasteiger partial charge on any atom is -0.431 e. The molecule has 1 aromatic carbocycles. The third-order valence-electron chi connectivity index (χ3n) is 6.69. The van der Waals surface area contributed by atoms with Gasteiger partial charge in [-0.1, -0.05) is 6.07 Å². The van der Waals surface area contributed by atoms with Crippen LogP contribution in [-0.2, 0) is 9.59 Å². The molecule has 0 bridgehead atoms. The Hall–Kier alpha value is -4.09. The van der Waals surface area contributed by atoms with E-state index in [2.05, 4.69) is 20.4 Å². The number of ether oxygens (including phenoxy) is 2. The maximum absolute atomic E-state index is 12.9. The van der Waals surface area contributed by atoms with Crippen LogP contribution >= 0.6 is 0 Å². The number of rotatable bonds is 10. The number of aromatic nitrogens is 1. The Morgan fingerprint density at radius 3 is 2.46 bits per heavy atom. The van der Waals surface area contributed by atoms with E-state index in [1.54, 1.807) is 17.9 Å². The van der Waals surface area contributed by atoms with E-state index in [9.17, 15) is 28.0 Å². The molecule has 1 saturated heterocycles. The Morgan fingerprint density at radius 1 is 1.08 bits per heavy atom. The summed E-state index contributed by atoms with van der Waals surface area (Å²) < 4.78 is 35.7. The number of carbonyl (C=O) groups excluding carboxylic acids is 4. The van der Waals surface area contributed by atoms with Crippen molar-refractivity contribution < 1.29 is 37.4 Å². The number of hydrogen-bond acceptors (Lipinski definition) is 7. The number of likely N-dealkylation sites (tertiary alicyclic amines) is 1. The highest BCUT2D eigenvalue weighted by Crippen LogP contribution is 2.39. The Labute approximate surface area is 224 Å². The van der Waals surface area contributed by atoms with Crippen LogP contribution in [0.1, 0.15) is 65.4 Å². The highest BCUT2D eigenvalue weighted by molar-refractivity contribution is 5.96. The Bertz CT molecular complexity index is 1240. The van der Waals surface area contributed by atoms with Crippen molar-refractivity contribution in [1.82, 2.24) is 20.5 Å². The molecular formula is C27H30F2N4O6. The molecule has 0 spiro atoms. The molecule has 4 rings (SSSR count). The summed E-state index contributed by atoms with van der Waals surface area (Å²) in [5.74, 6) is -2.16. The molecule has 1 saturated carbocycles. The molecule has 39 heavy (non-hydrogen) atoms. The Morgan fingerprint density at radius 2 is 1.85 bits per heavy atom. The topological polar surface area (TPSA) is 127 Å². The summed E-state index contributed by atoms with van der Waals surface area (Å²) in [5, 5.41) is 5.45. The average molecular weight is 545 g/mol. The van der Waals surface area contributed by atoms with Gasteiger partial charge in [0.2, 0.25) is 5.91 Å². The number of hydrogen-bond donors (Lipinski definition) is 2. The van der Waals surface area contributed by atoms with Gasteiger partial charge in [-0.15, -0.1) is 0 Å². The molecule has 12 heteroatoms. The zero-order valence-electron chi connectivity index (χ0n) is 21.6. The first-order valence-electron chi connectivity index (χ1n) is 12.8. The summed E-state index contributed by atoms with van der Waals surface area (Å²) in [4.78, 5) is 54.8. The third kappa shape index (κ3) is 7.06. The van der Waals surface area contributed by atoms with Crippen molar-refractivity contribution >= 4 is 23.7 Å². The van der Waals surface area contributed by atoms with Crippen LogP contribution in [-0.4, -0.2) is 65.9 Å². The number of alkyl halides is 2. The lowest BCUT2D eigenvalue weighted by molar-refractivity contribution is -0.136. The van der Waals surface area contributed by atoms with E-state index in [0.717, 1.165) is 0 Å². The molecule has 2 aromatic rings. The fraction of sp³-hybridized carbons (Fsp3) is 0.444. The maximum atomic E-state index is 12.9.